The second kappa shape index (κ2) is 2.72. The normalized spacial score (nSPS) is 47.3. The lowest BCUT2D eigenvalue weighted by Gasteiger charge is -2.55. The quantitative estimate of drug-likeness (QED) is 0.568. The van der Waals surface area contributed by atoms with E-state index in [2.05, 4.69) is 11.9 Å². The minimum absolute atomic E-state index is 0.355. The first-order valence-electron chi connectivity index (χ1n) is 5.63. The van der Waals surface area contributed by atoms with Gasteiger partial charge >= 0.3 is 0 Å². The van der Waals surface area contributed by atoms with Gasteiger partial charge in [-0.15, -0.1) is 0 Å². The number of fused-ring (bicyclic) bond motifs is 2. The van der Waals surface area contributed by atoms with Crippen molar-refractivity contribution < 1.29 is 4.79 Å². The van der Waals surface area contributed by atoms with Gasteiger partial charge < -0.3 is 4.90 Å². The highest BCUT2D eigenvalue weighted by Crippen LogP contribution is 2.45. The van der Waals surface area contributed by atoms with Gasteiger partial charge in [0.1, 0.15) is 0 Å². The zero-order valence-corrected chi connectivity index (χ0v) is 8.94. The molecule has 14 heavy (non-hydrogen) atoms. The largest absolute Gasteiger partial charge is 0.329 e. The standard InChI is InChI=1S/C11H18N2O/c1-12-6-7-3-8-5-9(4-7)11(14)13(2)10(8)12/h7-10H,3-6H2,1-2H3. The zero-order chi connectivity index (χ0) is 9.87. The van der Waals surface area contributed by atoms with Crippen molar-refractivity contribution in [3.8, 4) is 0 Å². The molecule has 2 aliphatic heterocycles. The first-order chi connectivity index (χ1) is 6.66. The van der Waals surface area contributed by atoms with E-state index in [1.165, 1.54) is 13.0 Å². The third-order valence-corrected chi connectivity index (χ3v) is 4.35. The molecule has 2 saturated heterocycles. The topological polar surface area (TPSA) is 23.6 Å². The van der Waals surface area contributed by atoms with Crippen molar-refractivity contribution >= 4 is 5.91 Å². The maximum Gasteiger partial charge on any atom is 0.226 e. The summed E-state index contributed by atoms with van der Waals surface area (Å²) in [5.74, 6) is 2.29. The summed E-state index contributed by atoms with van der Waals surface area (Å²) in [5, 5.41) is 0. The summed E-state index contributed by atoms with van der Waals surface area (Å²) in [6.45, 7) is 1.19. The van der Waals surface area contributed by atoms with E-state index in [-0.39, 0.29) is 0 Å². The van der Waals surface area contributed by atoms with Gasteiger partial charge in [0.25, 0.3) is 0 Å². The number of piperidine rings is 2. The number of rotatable bonds is 0. The smallest absolute Gasteiger partial charge is 0.226 e. The van der Waals surface area contributed by atoms with Crippen LogP contribution in [0.25, 0.3) is 0 Å². The molecule has 0 aromatic rings. The van der Waals surface area contributed by atoms with Crippen LogP contribution < -0.4 is 0 Å². The van der Waals surface area contributed by atoms with Crippen molar-refractivity contribution in [2.75, 3.05) is 20.6 Å². The summed E-state index contributed by atoms with van der Waals surface area (Å²) < 4.78 is 0. The molecule has 1 saturated carbocycles. The number of hydrogen-bond acceptors (Lipinski definition) is 2. The van der Waals surface area contributed by atoms with E-state index in [1.54, 1.807) is 0 Å². The van der Waals surface area contributed by atoms with Gasteiger partial charge in [0.2, 0.25) is 5.91 Å². The molecule has 1 aliphatic carbocycles. The second-order valence-corrected chi connectivity index (χ2v) is 5.33. The predicted molar refractivity (Wildman–Crippen MR) is 53.5 cm³/mol. The lowest BCUT2D eigenvalue weighted by atomic mass is 9.68. The van der Waals surface area contributed by atoms with Gasteiger partial charge in [0.05, 0.1) is 6.17 Å². The van der Waals surface area contributed by atoms with Gasteiger partial charge in [-0.05, 0) is 38.1 Å². The molecule has 4 unspecified atom stereocenters. The molecule has 3 heteroatoms. The van der Waals surface area contributed by atoms with Crippen molar-refractivity contribution in [1.82, 2.24) is 9.80 Å². The zero-order valence-electron chi connectivity index (χ0n) is 8.94. The summed E-state index contributed by atoms with van der Waals surface area (Å²) in [7, 11) is 4.15. The van der Waals surface area contributed by atoms with E-state index in [1.807, 2.05) is 11.9 Å². The number of amides is 1. The molecule has 0 aromatic carbocycles. The Morgan fingerprint density at radius 1 is 1.21 bits per heavy atom. The van der Waals surface area contributed by atoms with Gasteiger partial charge in [-0.2, -0.15) is 0 Å². The SMILES string of the molecule is CN1CC2CC3CC(C2)C1N(C)C3=O. The molecule has 0 aromatic heterocycles. The highest BCUT2D eigenvalue weighted by Gasteiger charge is 2.49. The Morgan fingerprint density at radius 3 is 2.79 bits per heavy atom. The maximum atomic E-state index is 12.0. The van der Waals surface area contributed by atoms with Crippen LogP contribution in [0, 0.1) is 17.8 Å². The average molecular weight is 194 g/mol. The molecule has 4 atom stereocenters. The average Bonchev–Trinajstić information content (AvgIpc) is 2.13. The van der Waals surface area contributed by atoms with E-state index >= 15 is 0 Å². The number of carbonyl (C=O) groups is 1. The van der Waals surface area contributed by atoms with Crippen LogP contribution in [0.1, 0.15) is 19.3 Å². The van der Waals surface area contributed by atoms with Gasteiger partial charge in [0, 0.05) is 19.5 Å². The van der Waals surface area contributed by atoms with Gasteiger partial charge in [-0.25, -0.2) is 0 Å². The molecule has 3 rings (SSSR count). The van der Waals surface area contributed by atoms with Gasteiger partial charge in [0.15, 0.2) is 0 Å². The van der Waals surface area contributed by atoms with Crippen LogP contribution in [0.5, 0.6) is 0 Å². The fourth-order valence-corrected chi connectivity index (χ4v) is 3.98. The molecule has 3 bridgehead atoms. The molecule has 0 radical (unpaired) electrons. The molecule has 1 amide bonds. The van der Waals surface area contributed by atoms with Crippen molar-refractivity contribution in [3.05, 3.63) is 0 Å². The third kappa shape index (κ3) is 0.991. The van der Waals surface area contributed by atoms with Crippen LogP contribution in [0.2, 0.25) is 0 Å². The summed E-state index contributed by atoms with van der Waals surface area (Å²) in [6, 6.07) is 0. The minimum Gasteiger partial charge on any atom is -0.329 e. The Balaban J connectivity index is 1.98. The summed E-state index contributed by atoms with van der Waals surface area (Å²) >= 11 is 0. The predicted octanol–water partition coefficient (Wildman–Crippen LogP) is 0.762. The van der Waals surface area contributed by atoms with Gasteiger partial charge in [-0.1, -0.05) is 0 Å². The van der Waals surface area contributed by atoms with Crippen LogP contribution >= 0.6 is 0 Å². The van der Waals surface area contributed by atoms with Crippen LogP contribution in [0.15, 0.2) is 0 Å². The highest BCUT2D eigenvalue weighted by molar-refractivity contribution is 5.80. The first kappa shape index (κ1) is 8.72. The highest BCUT2D eigenvalue weighted by atomic mass is 16.2. The second-order valence-electron chi connectivity index (χ2n) is 5.33. The Morgan fingerprint density at radius 2 is 2.00 bits per heavy atom. The summed E-state index contributed by atoms with van der Waals surface area (Å²) in [6.07, 6.45) is 4.03. The molecule has 0 spiro atoms. The lowest BCUT2D eigenvalue weighted by Crippen LogP contribution is -2.64. The van der Waals surface area contributed by atoms with Crippen molar-refractivity contribution in [1.29, 1.82) is 0 Å². The summed E-state index contributed by atoms with van der Waals surface area (Å²) in [4.78, 5) is 16.3. The van der Waals surface area contributed by atoms with Crippen molar-refractivity contribution in [2.24, 2.45) is 17.8 Å². The molecule has 78 valence electrons. The molecule has 3 aliphatic rings. The lowest BCUT2D eigenvalue weighted by molar-refractivity contribution is -0.163. The fraction of sp³-hybridized carbons (Fsp3) is 0.909. The minimum atomic E-state index is 0.355. The van der Waals surface area contributed by atoms with E-state index in [9.17, 15) is 4.79 Å². The van der Waals surface area contributed by atoms with Crippen molar-refractivity contribution in [2.45, 2.75) is 25.4 Å². The van der Waals surface area contributed by atoms with Crippen LogP contribution in [-0.2, 0) is 4.79 Å². The monoisotopic (exact) mass is 194 g/mol. The number of carbonyl (C=O) groups excluding carboxylic acids is 1. The third-order valence-electron chi connectivity index (χ3n) is 4.35. The van der Waals surface area contributed by atoms with Gasteiger partial charge in [-0.3, -0.25) is 9.69 Å². The molecule has 3 fully saturated rings. The molecule has 0 N–H and O–H groups in total. The van der Waals surface area contributed by atoms with E-state index in [4.69, 9.17) is 0 Å². The fourth-order valence-electron chi connectivity index (χ4n) is 3.98. The molecular formula is C11H18N2O. The Hall–Kier alpha value is -0.570. The van der Waals surface area contributed by atoms with Crippen LogP contribution in [0.3, 0.4) is 0 Å². The first-order valence-corrected chi connectivity index (χ1v) is 5.63. The number of nitrogens with zero attached hydrogens (tertiary/aromatic N) is 2. The van der Waals surface area contributed by atoms with E-state index in [0.29, 0.717) is 18.0 Å². The maximum absolute atomic E-state index is 12.0. The number of hydrogen-bond donors (Lipinski definition) is 0. The Labute approximate surface area is 85.1 Å². The van der Waals surface area contributed by atoms with Crippen LogP contribution in [-0.4, -0.2) is 42.5 Å². The van der Waals surface area contributed by atoms with Crippen LogP contribution in [0.4, 0.5) is 0 Å². The molecule has 2 heterocycles. The van der Waals surface area contributed by atoms with Crippen molar-refractivity contribution in [3.63, 3.8) is 0 Å². The molecular weight excluding hydrogens is 176 g/mol. The molecule has 3 nitrogen and oxygen atoms in total. The number of likely N-dealkylation sites (tertiary alicyclic amines) is 2. The summed E-state index contributed by atoms with van der Waals surface area (Å²) in [5.41, 5.74) is 0. The Bertz CT molecular complexity index is 274. The van der Waals surface area contributed by atoms with E-state index in [0.717, 1.165) is 24.7 Å². The van der Waals surface area contributed by atoms with E-state index < -0.39 is 0 Å². The Kier molecular flexibility index (Phi) is 1.69.